The van der Waals surface area contributed by atoms with Gasteiger partial charge in [0.2, 0.25) is 0 Å². The van der Waals surface area contributed by atoms with Gasteiger partial charge in [-0.2, -0.15) is 0 Å². The number of methoxy groups -OCH3 is 1. The highest BCUT2D eigenvalue weighted by atomic mass is 32.2. The number of benzene rings is 2. The fourth-order valence-electron chi connectivity index (χ4n) is 3.22. The first-order valence-corrected chi connectivity index (χ1v) is 10.6. The maximum Gasteiger partial charge on any atom is 0.319 e. The van der Waals surface area contributed by atoms with Crippen LogP contribution in [-0.4, -0.2) is 26.8 Å². The van der Waals surface area contributed by atoms with E-state index in [1.807, 2.05) is 24.3 Å². The van der Waals surface area contributed by atoms with Crippen LogP contribution in [0.1, 0.15) is 31.2 Å². The Morgan fingerprint density at radius 3 is 2.26 bits per heavy atom. The lowest BCUT2D eigenvalue weighted by Gasteiger charge is -2.12. The minimum Gasteiger partial charge on any atom is -0.497 e. The number of amides is 2. The number of hydrogen-bond acceptors (Lipinski definition) is 4. The van der Waals surface area contributed by atoms with Gasteiger partial charge in [-0.15, -0.1) is 0 Å². The third-order valence-electron chi connectivity index (χ3n) is 4.79. The van der Waals surface area contributed by atoms with Crippen molar-refractivity contribution in [3.05, 3.63) is 54.1 Å². The van der Waals surface area contributed by atoms with Gasteiger partial charge < -0.3 is 15.4 Å². The van der Waals surface area contributed by atoms with Gasteiger partial charge in [0.1, 0.15) is 5.75 Å². The van der Waals surface area contributed by atoms with Crippen molar-refractivity contribution in [3.63, 3.8) is 0 Å². The first kappa shape index (κ1) is 19.2. The third kappa shape index (κ3) is 4.80. The van der Waals surface area contributed by atoms with E-state index in [9.17, 15) is 13.2 Å². The number of carbonyl (C=O) groups excluding carboxylic acids is 1. The van der Waals surface area contributed by atoms with Gasteiger partial charge in [-0.1, -0.05) is 25.0 Å². The van der Waals surface area contributed by atoms with Crippen LogP contribution in [-0.2, 0) is 16.4 Å². The van der Waals surface area contributed by atoms with Crippen LogP contribution >= 0.6 is 0 Å². The Labute approximate surface area is 159 Å². The highest BCUT2D eigenvalue weighted by molar-refractivity contribution is 7.92. The lowest BCUT2D eigenvalue weighted by atomic mass is 10.2. The second-order valence-electron chi connectivity index (χ2n) is 6.63. The van der Waals surface area contributed by atoms with Gasteiger partial charge in [0, 0.05) is 12.2 Å². The van der Waals surface area contributed by atoms with Crippen LogP contribution in [0.25, 0.3) is 0 Å². The van der Waals surface area contributed by atoms with Gasteiger partial charge in [-0.05, 0) is 54.8 Å². The molecule has 0 atom stereocenters. The summed E-state index contributed by atoms with van der Waals surface area (Å²) >= 11 is 0. The summed E-state index contributed by atoms with van der Waals surface area (Å²) in [4.78, 5) is 12.4. The first-order valence-electron chi connectivity index (χ1n) is 9.01. The fraction of sp³-hybridized carbons (Fsp3) is 0.350. The molecule has 3 rings (SSSR count). The fourth-order valence-corrected chi connectivity index (χ4v) is 5.07. The van der Waals surface area contributed by atoms with E-state index < -0.39 is 9.84 Å². The SMILES string of the molecule is COc1ccc(CNC(=O)Nc2ccc(S(=O)(=O)C3CCCC3)cc2)cc1. The molecule has 0 unspecified atom stereocenters. The van der Waals surface area contributed by atoms with Gasteiger partial charge in [0.05, 0.1) is 17.3 Å². The molecule has 0 spiro atoms. The van der Waals surface area contributed by atoms with E-state index in [0.29, 0.717) is 17.1 Å². The van der Waals surface area contributed by atoms with Crippen molar-refractivity contribution >= 4 is 21.6 Å². The molecule has 0 bridgehead atoms. The molecule has 1 saturated carbocycles. The molecule has 2 aromatic carbocycles. The van der Waals surface area contributed by atoms with Gasteiger partial charge >= 0.3 is 6.03 Å². The number of nitrogens with one attached hydrogen (secondary N) is 2. The second-order valence-corrected chi connectivity index (χ2v) is 8.86. The lowest BCUT2D eigenvalue weighted by molar-refractivity contribution is 0.251. The van der Waals surface area contributed by atoms with E-state index in [1.54, 1.807) is 31.4 Å². The highest BCUT2D eigenvalue weighted by Gasteiger charge is 2.30. The van der Waals surface area contributed by atoms with Crippen LogP contribution in [0.15, 0.2) is 53.4 Å². The van der Waals surface area contributed by atoms with E-state index in [-0.39, 0.29) is 11.3 Å². The van der Waals surface area contributed by atoms with E-state index in [4.69, 9.17) is 4.74 Å². The molecule has 0 saturated heterocycles. The predicted molar refractivity (Wildman–Crippen MR) is 105 cm³/mol. The summed E-state index contributed by atoms with van der Waals surface area (Å²) < 4.78 is 30.2. The van der Waals surface area contributed by atoms with E-state index >= 15 is 0 Å². The van der Waals surface area contributed by atoms with Crippen molar-refractivity contribution in [2.24, 2.45) is 0 Å². The highest BCUT2D eigenvalue weighted by Crippen LogP contribution is 2.30. The molecule has 0 radical (unpaired) electrons. The Hall–Kier alpha value is -2.54. The molecule has 0 aromatic heterocycles. The van der Waals surface area contributed by atoms with Crippen LogP contribution in [0.5, 0.6) is 5.75 Å². The molecule has 27 heavy (non-hydrogen) atoms. The molecule has 144 valence electrons. The maximum absolute atomic E-state index is 12.6. The van der Waals surface area contributed by atoms with Crippen LogP contribution in [0, 0.1) is 0 Å². The van der Waals surface area contributed by atoms with Crippen molar-refractivity contribution in [3.8, 4) is 5.75 Å². The Morgan fingerprint density at radius 1 is 1.04 bits per heavy atom. The number of anilines is 1. The molecule has 6 nitrogen and oxygen atoms in total. The van der Waals surface area contributed by atoms with Gasteiger partial charge in [-0.25, -0.2) is 13.2 Å². The van der Waals surface area contributed by atoms with Crippen molar-refractivity contribution < 1.29 is 17.9 Å². The number of hydrogen-bond donors (Lipinski definition) is 2. The minimum atomic E-state index is -3.27. The number of urea groups is 1. The normalized spacial score (nSPS) is 14.7. The summed E-state index contributed by atoms with van der Waals surface area (Å²) in [5.41, 5.74) is 1.50. The van der Waals surface area contributed by atoms with Gasteiger partial charge in [0.15, 0.2) is 9.84 Å². The van der Waals surface area contributed by atoms with Gasteiger partial charge in [-0.3, -0.25) is 0 Å². The quantitative estimate of drug-likeness (QED) is 0.790. The van der Waals surface area contributed by atoms with E-state index in [0.717, 1.165) is 37.0 Å². The number of rotatable bonds is 6. The van der Waals surface area contributed by atoms with Gasteiger partial charge in [0.25, 0.3) is 0 Å². The molecule has 2 N–H and O–H groups in total. The molecule has 7 heteroatoms. The van der Waals surface area contributed by atoms with Crippen LogP contribution in [0.4, 0.5) is 10.5 Å². The van der Waals surface area contributed by atoms with Crippen molar-refractivity contribution in [1.82, 2.24) is 5.32 Å². The Balaban J connectivity index is 1.55. The molecule has 2 amide bonds. The molecule has 0 heterocycles. The maximum atomic E-state index is 12.6. The summed E-state index contributed by atoms with van der Waals surface area (Å²) in [6.45, 7) is 0.379. The molecular weight excluding hydrogens is 364 g/mol. The third-order valence-corrected chi connectivity index (χ3v) is 7.07. The monoisotopic (exact) mass is 388 g/mol. The number of ether oxygens (including phenoxy) is 1. The number of carbonyl (C=O) groups is 1. The van der Waals surface area contributed by atoms with E-state index in [1.165, 1.54) is 0 Å². The van der Waals surface area contributed by atoms with Crippen LogP contribution in [0.3, 0.4) is 0 Å². The summed E-state index contributed by atoms with van der Waals surface area (Å²) in [7, 11) is -1.67. The Bertz CT molecular complexity index is 871. The molecule has 1 aliphatic rings. The zero-order valence-electron chi connectivity index (χ0n) is 15.3. The average Bonchev–Trinajstić information content (AvgIpc) is 3.23. The Morgan fingerprint density at radius 2 is 1.67 bits per heavy atom. The zero-order chi connectivity index (χ0) is 19.3. The van der Waals surface area contributed by atoms with Crippen molar-refractivity contribution in [2.75, 3.05) is 12.4 Å². The smallest absolute Gasteiger partial charge is 0.319 e. The first-order chi connectivity index (χ1) is 13.0. The molecule has 0 aliphatic heterocycles. The topological polar surface area (TPSA) is 84.5 Å². The number of sulfone groups is 1. The molecule has 2 aromatic rings. The van der Waals surface area contributed by atoms with Crippen LogP contribution < -0.4 is 15.4 Å². The van der Waals surface area contributed by atoms with E-state index in [2.05, 4.69) is 10.6 Å². The Kier molecular flexibility index (Phi) is 6.01. The summed E-state index contributed by atoms with van der Waals surface area (Å²) in [5, 5.41) is 5.20. The molecule has 1 fully saturated rings. The van der Waals surface area contributed by atoms with Crippen molar-refractivity contribution in [2.45, 2.75) is 42.4 Å². The van der Waals surface area contributed by atoms with Crippen molar-refractivity contribution in [1.29, 1.82) is 0 Å². The van der Waals surface area contributed by atoms with Crippen LogP contribution in [0.2, 0.25) is 0 Å². The standard InChI is InChI=1S/C20H24N2O4S/c1-26-17-10-6-15(7-11-17)14-21-20(23)22-16-8-12-19(13-9-16)27(24,25)18-4-2-3-5-18/h6-13,18H,2-5,14H2,1H3,(H2,21,22,23). The molecular formula is C20H24N2O4S. The lowest BCUT2D eigenvalue weighted by Crippen LogP contribution is -2.28. The molecule has 1 aliphatic carbocycles. The zero-order valence-corrected chi connectivity index (χ0v) is 16.1. The summed E-state index contributed by atoms with van der Waals surface area (Å²) in [6.07, 6.45) is 3.40. The summed E-state index contributed by atoms with van der Waals surface area (Å²) in [5.74, 6) is 0.760. The summed E-state index contributed by atoms with van der Waals surface area (Å²) in [6, 6.07) is 13.4. The predicted octanol–water partition coefficient (Wildman–Crippen LogP) is 3.73. The second kappa shape index (κ2) is 8.43. The average molecular weight is 388 g/mol. The minimum absolute atomic E-state index is 0.274. The largest absolute Gasteiger partial charge is 0.497 e.